The molecule has 0 bridgehead atoms. The van der Waals surface area contributed by atoms with Gasteiger partial charge < -0.3 is 18.9 Å². The molecule has 0 aliphatic heterocycles. The van der Waals surface area contributed by atoms with Crippen LogP contribution in [0.1, 0.15) is 15.9 Å². The van der Waals surface area contributed by atoms with Crippen LogP contribution in [0.5, 0.6) is 5.75 Å². The average molecular weight is 298 g/mol. The molecule has 1 aromatic rings. The minimum absolute atomic E-state index is 0. The van der Waals surface area contributed by atoms with Gasteiger partial charge in [-0.3, -0.25) is 9.59 Å². The summed E-state index contributed by atoms with van der Waals surface area (Å²) < 4.78 is 28.6. The van der Waals surface area contributed by atoms with Gasteiger partial charge in [0.15, 0.2) is 6.29 Å². The second-order valence-electron chi connectivity index (χ2n) is 2.98. The number of aromatic hydroxyl groups is 1. The van der Waals surface area contributed by atoms with Gasteiger partial charge in [0, 0.05) is 0 Å². The molecule has 0 aromatic heterocycles. The van der Waals surface area contributed by atoms with Crippen LogP contribution in [0.15, 0.2) is 18.2 Å². The Morgan fingerprint density at radius 3 is 2.47 bits per heavy atom. The number of hydrogen-bond acceptors (Lipinski definition) is 6. The summed E-state index contributed by atoms with van der Waals surface area (Å²) in [5.74, 6) is -0.471. The molecule has 0 fully saturated rings. The van der Waals surface area contributed by atoms with Gasteiger partial charge in [0.1, 0.15) is 5.75 Å². The van der Waals surface area contributed by atoms with Crippen molar-refractivity contribution < 1.29 is 62.3 Å². The number of phenolic OH excluding ortho intramolecular Hbond substituents is 1. The number of carbonyl (C=O) groups is 2. The van der Waals surface area contributed by atoms with E-state index in [0.717, 1.165) is 0 Å². The van der Waals surface area contributed by atoms with Crippen LogP contribution in [0.25, 0.3) is 0 Å². The van der Waals surface area contributed by atoms with Gasteiger partial charge in [-0.2, -0.15) is 0 Å². The van der Waals surface area contributed by atoms with Crippen LogP contribution in [0.4, 0.5) is 0 Å². The molecule has 9 heteroatoms. The van der Waals surface area contributed by atoms with Crippen molar-refractivity contribution in [2.24, 2.45) is 0 Å². The van der Waals surface area contributed by atoms with E-state index in [1.165, 1.54) is 19.2 Å². The third-order valence-corrected chi connectivity index (χ3v) is 1.80. The zero-order chi connectivity index (χ0) is 14.1. The fourth-order valence-electron chi connectivity index (χ4n) is 1.05. The number of esters is 1. The molecule has 100 valence electrons. The second kappa shape index (κ2) is 11.1. The molecule has 0 aliphatic carbocycles. The molecule has 2 N–H and O–H groups in total. The van der Waals surface area contributed by atoms with E-state index in [1.807, 2.05) is 0 Å². The molecule has 1 aromatic carbocycles. The largest absolute Gasteiger partial charge is 1.00 e. The number of ether oxygens (including phenoxy) is 1. The van der Waals surface area contributed by atoms with Gasteiger partial charge in [-0.05, 0) is 17.7 Å². The summed E-state index contributed by atoms with van der Waals surface area (Å²) >= 11 is -2.86. The zero-order valence-electron chi connectivity index (χ0n) is 10.4. The van der Waals surface area contributed by atoms with E-state index in [0.29, 0.717) is 11.8 Å². The molecule has 7 nitrogen and oxygen atoms in total. The molecule has 0 heterocycles. The van der Waals surface area contributed by atoms with Crippen LogP contribution >= 0.6 is 0 Å². The molecular formula is C10H11NaO7S. The van der Waals surface area contributed by atoms with Gasteiger partial charge in [0.25, 0.3) is 0 Å². The first-order valence-corrected chi connectivity index (χ1v) is 5.56. The number of phenols is 1. The number of rotatable bonds is 3. The van der Waals surface area contributed by atoms with E-state index < -0.39 is 11.4 Å². The molecular weight excluding hydrogens is 287 g/mol. The summed E-state index contributed by atoms with van der Waals surface area (Å²) in [5.41, 5.74) is 0.808. The molecule has 0 saturated heterocycles. The van der Waals surface area contributed by atoms with Gasteiger partial charge in [-0.15, -0.1) is 0 Å². The van der Waals surface area contributed by atoms with Gasteiger partial charge in [-0.1, -0.05) is 6.07 Å². The van der Waals surface area contributed by atoms with Crippen molar-refractivity contribution in [2.45, 2.75) is 6.42 Å². The van der Waals surface area contributed by atoms with Crippen LogP contribution in [-0.4, -0.2) is 37.8 Å². The van der Waals surface area contributed by atoms with Crippen molar-refractivity contribution in [3.05, 3.63) is 29.3 Å². The van der Waals surface area contributed by atoms with Crippen molar-refractivity contribution in [1.82, 2.24) is 0 Å². The maximum Gasteiger partial charge on any atom is 1.00 e. The van der Waals surface area contributed by atoms with E-state index >= 15 is 0 Å². The maximum absolute atomic E-state index is 10.9. The molecule has 0 amide bonds. The summed E-state index contributed by atoms with van der Waals surface area (Å²) in [6.45, 7) is 0. The van der Waals surface area contributed by atoms with E-state index in [9.17, 15) is 14.7 Å². The van der Waals surface area contributed by atoms with E-state index in [1.54, 1.807) is 6.07 Å². The summed E-state index contributed by atoms with van der Waals surface area (Å²) in [6, 6.07) is 4.40. The van der Waals surface area contributed by atoms with Gasteiger partial charge in [-0.25, -0.2) is 4.21 Å². The summed E-state index contributed by atoms with van der Waals surface area (Å²) in [6.07, 6.45) is 0.633. The van der Waals surface area contributed by atoms with E-state index in [4.69, 9.17) is 13.3 Å². The van der Waals surface area contributed by atoms with Crippen molar-refractivity contribution in [1.29, 1.82) is 0 Å². The molecule has 1 atom stereocenters. The SMILES string of the molecule is COC(=O)Cc1ccc(O)c(C=O)c1.O=S([O-])O.[Na+]. The third kappa shape index (κ3) is 9.77. The normalized spacial score (nSPS) is 10.3. The first-order valence-electron chi connectivity index (χ1n) is 4.53. The number of hydrogen-bond donors (Lipinski definition) is 2. The Bertz CT molecular complexity index is 446. The molecule has 19 heavy (non-hydrogen) atoms. The first kappa shape index (κ1) is 20.5. The quantitative estimate of drug-likeness (QED) is 0.268. The Hall–Kier alpha value is -0.770. The molecule has 0 aliphatic rings. The van der Waals surface area contributed by atoms with Crippen LogP contribution in [-0.2, 0) is 27.3 Å². The Balaban J connectivity index is 0. The van der Waals surface area contributed by atoms with Crippen LogP contribution in [0, 0.1) is 0 Å². The van der Waals surface area contributed by atoms with Crippen molar-refractivity contribution >= 4 is 23.6 Å². The Kier molecular flexibility index (Phi) is 12.0. The standard InChI is InChI=1S/C10H10O4.Na.H2O3S/c1-14-10(13)5-7-2-3-9(12)8(4-7)6-11;;1-4(2)3/h2-4,6,12H,5H2,1H3;;(H2,1,2,3)/q;+1;/p-1. The molecule has 0 saturated carbocycles. The number of methoxy groups -OCH3 is 1. The smallest absolute Gasteiger partial charge is 0.750 e. The van der Waals surface area contributed by atoms with Crippen LogP contribution < -0.4 is 29.6 Å². The molecule has 1 unspecified atom stereocenters. The predicted octanol–water partition coefficient (Wildman–Crippen LogP) is -2.74. The number of aldehydes is 1. The van der Waals surface area contributed by atoms with Gasteiger partial charge in [0.05, 0.1) is 30.5 Å². The monoisotopic (exact) mass is 298 g/mol. The molecule has 0 radical (unpaired) electrons. The van der Waals surface area contributed by atoms with Crippen molar-refractivity contribution in [3.63, 3.8) is 0 Å². The van der Waals surface area contributed by atoms with E-state index in [2.05, 4.69) is 4.74 Å². The zero-order valence-corrected chi connectivity index (χ0v) is 13.2. The minimum Gasteiger partial charge on any atom is -0.750 e. The first-order chi connectivity index (χ1) is 8.40. The maximum atomic E-state index is 10.9. The Morgan fingerprint density at radius 1 is 1.53 bits per heavy atom. The molecule has 1 rings (SSSR count). The third-order valence-electron chi connectivity index (χ3n) is 1.80. The topological polar surface area (TPSA) is 124 Å². The predicted molar refractivity (Wildman–Crippen MR) is 60.8 cm³/mol. The van der Waals surface area contributed by atoms with E-state index in [-0.39, 0.29) is 53.3 Å². The second-order valence-corrected chi connectivity index (χ2v) is 3.42. The Morgan fingerprint density at radius 2 is 2.05 bits per heavy atom. The van der Waals surface area contributed by atoms with Crippen molar-refractivity contribution in [2.75, 3.05) is 7.11 Å². The molecule has 0 spiro atoms. The number of carbonyl (C=O) groups excluding carboxylic acids is 2. The summed E-state index contributed by atoms with van der Waals surface area (Å²) in [5, 5.41) is 9.18. The fourth-order valence-corrected chi connectivity index (χ4v) is 1.05. The van der Waals surface area contributed by atoms with Crippen molar-refractivity contribution in [3.8, 4) is 5.75 Å². The Labute approximate surface area is 134 Å². The number of benzene rings is 1. The van der Waals surface area contributed by atoms with Crippen LogP contribution in [0.2, 0.25) is 0 Å². The minimum atomic E-state index is -2.86. The van der Waals surface area contributed by atoms with Gasteiger partial charge in [0.2, 0.25) is 0 Å². The summed E-state index contributed by atoms with van der Waals surface area (Å²) in [4.78, 5) is 21.4. The fraction of sp³-hybridized carbons (Fsp3) is 0.200. The van der Waals surface area contributed by atoms with Crippen LogP contribution in [0.3, 0.4) is 0 Å². The average Bonchev–Trinajstić information content (AvgIpc) is 2.30. The summed E-state index contributed by atoms with van der Waals surface area (Å²) in [7, 11) is 1.30. The van der Waals surface area contributed by atoms with Gasteiger partial charge >= 0.3 is 35.5 Å².